The smallest absolute Gasteiger partial charge is 0.298 e. The molecule has 0 amide bonds. The third-order valence-electron chi connectivity index (χ3n) is 2.64. The van der Waals surface area contributed by atoms with E-state index in [9.17, 15) is 0 Å². The van der Waals surface area contributed by atoms with E-state index in [4.69, 9.17) is 0 Å². The van der Waals surface area contributed by atoms with Crippen molar-refractivity contribution in [2.75, 3.05) is 28.2 Å². The number of rotatable bonds is 3. The molecule has 0 saturated carbocycles. The molecule has 1 heterocycles. The lowest BCUT2D eigenvalue weighted by atomic mass is 9.48. The fraction of sp³-hybridized carbons (Fsp3) is 0.400. The van der Waals surface area contributed by atoms with Gasteiger partial charge in [0.1, 0.15) is 0 Å². The van der Waals surface area contributed by atoms with Crippen LogP contribution in [0.2, 0.25) is 0 Å². The second kappa shape index (κ2) is 5.08. The van der Waals surface area contributed by atoms with Gasteiger partial charge in [0.25, 0.3) is 12.0 Å². The van der Waals surface area contributed by atoms with Crippen molar-refractivity contribution in [2.24, 2.45) is 0 Å². The van der Waals surface area contributed by atoms with Crippen LogP contribution in [0.3, 0.4) is 0 Å². The molecule has 0 N–H and O–H groups in total. The van der Waals surface area contributed by atoms with E-state index < -0.39 is 0 Å². The predicted octanol–water partition coefficient (Wildman–Crippen LogP) is 2.06. The van der Waals surface area contributed by atoms with Crippen molar-refractivity contribution in [3.8, 4) is 0 Å². The van der Waals surface area contributed by atoms with Gasteiger partial charge in [0.05, 0.1) is 0 Å². The van der Waals surface area contributed by atoms with E-state index in [2.05, 4.69) is 62.1 Å². The number of nitrogens with zero attached hydrogens (tertiary/aromatic N) is 2. The van der Waals surface area contributed by atoms with Gasteiger partial charge in [-0.2, -0.15) is 23.2 Å². The minimum atomic E-state index is 0.461. The Morgan fingerprint density at radius 3 is 1.75 bits per heavy atom. The van der Waals surface area contributed by atoms with E-state index in [0.29, 0.717) is 12.0 Å². The maximum Gasteiger partial charge on any atom is 0.298 e. The monoisotopic (exact) mass is 250 g/mol. The van der Waals surface area contributed by atoms with Crippen LogP contribution in [0, 0.1) is 0 Å². The minimum Gasteiger partial charge on any atom is -0.338 e. The highest BCUT2D eigenvalue weighted by Gasteiger charge is 2.40. The number of hydrogen-bond donors (Lipinski definition) is 0. The average molecular weight is 250 g/mol. The van der Waals surface area contributed by atoms with Crippen LogP contribution < -0.4 is 0 Å². The van der Waals surface area contributed by atoms with Gasteiger partial charge in [-0.05, 0) is 40.3 Å². The van der Waals surface area contributed by atoms with E-state index in [1.807, 2.05) is 23.2 Å². The quantitative estimate of drug-likeness (QED) is 0.757. The van der Waals surface area contributed by atoms with Gasteiger partial charge in [0, 0.05) is 9.79 Å². The number of fused-ring (bicyclic) bond motifs is 1. The highest BCUT2D eigenvalue weighted by atomic mass is 32.2. The summed E-state index contributed by atoms with van der Waals surface area (Å²) in [6.45, 7) is 0.461. The van der Waals surface area contributed by atoms with Crippen molar-refractivity contribution in [2.45, 2.75) is 9.79 Å². The molecular weight excluding hydrogens is 234 g/mol. The maximum atomic E-state index is 2.29. The predicted molar refractivity (Wildman–Crippen MR) is 77.0 cm³/mol. The SMILES string of the molecule is CN(C)B(B1Sc2ccccc2S1)N(C)C. The Kier molecular flexibility index (Phi) is 3.95. The lowest BCUT2D eigenvalue weighted by Crippen LogP contribution is -2.53. The van der Waals surface area contributed by atoms with Gasteiger partial charge in [0.15, 0.2) is 0 Å². The summed E-state index contributed by atoms with van der Waals surface area (Å²) in [5, 5.41) is 0.558. The molecule has 0 unspecified atom stereocenters. The third kappa shape index (κ3) is 2.45. The molecule has 2 nitrogen and oxygen atoms in total. The molecule has 0 fully saturated rings. The molecule has 0 spiro atoms. The van der Waals surface area contributed by atoms with Crippen LogP contribution in [-0.2, 0) is 0 Å². The van der Waals surface area contributed by atoms with Gasteiger partial charge in [-0.1, -0.05) is 12.1 Å². The van der Waals surface area contributed by atoms with Crippen molar-refractivity contribution in [1.82, 2.24) is 9.62 Å². The van der Waals surface area contributed by atoms with E-state index in [0.717, 1.165) is 0 Å². The van der Waals surface area contributed by atoms with Gasteiger partial charge in [0.2, 0.25) is 0 Å². The molecule has 16 heavy (non-hydrogen) atoms. The van der Waals surface area contributed by atoms with E-state index in [1.165, 1.54) is 9.79 Å². The molecule has 1 aromatic carbocycles. The standard InChI is InChI=1S/C10H16B2N2S2/c1-13(2)11(14(3)4)12-15-9-7-5-6-8-10(9)16-12/h5-8H,1-4H3. The molecule has 0 bridgehead atoms. The second-order valence-electron chi connectivity index (χ2n) is 4.39. The molecule has 0 aromatic heterocycles. The molecular formula is C10H16B2N2S2. The Labute approximate surface area is 107 Å². The van der Waals surface area contributed by atoms with Crippen LogP contribution in [0.4, 0.5) is 0 Å². The van der Waals surface area contributed by atoms with Crippen molar-refractivity contribution in [3.05, 3.63) is 24.3 Å². The van der Waals surface area contributed by atoms with Crippen molar-refractivity contribution in [1.29, 1.82) is 0 Å². The Hall–Kier alpha value is -0.0301. The summed E-state index contributed by atoms with van der Waals surface area (Å²) in [6.07, 6.45) is 0. The summed E-state index contributed by atoms with van der Waals surface area (Å²) in [7, 11) is 8.59. The third-order valence-corrected chi connectivity index (χ3v) is 5.51. The van der Waals surface area contributed by atoms with Gasteiger partial charge in [-0.15, -0.1) is 0 Å². The first kappa shape index (κ1) is 12.4. The van der Waals surface area contributed by atoms with Crippen molar-refractivity contribution >= 4 is 35.3 Å². The minimum absolute atomic E-state index is 0.461. The first-order chi connectivity index (χ1) is 7.59. The van der Waals surface area contributed by atoms with E-state index >= 15 is 0 Å². The number of hydrogen-bond acceptors (Lipinski definition) is 4. The molecule has 0 saturated heterocycles. The van der Waals surface area contributed by atoms with Crippen molar-refractivity contribution in [3.63, 3.8) is 0 Å². The summed E-state index contributed by atoms with van der Waals surface area (Å²) >= 11 is 3.96. The summed E-state index contributed by atoms with van der Waals surface area (Å²) < 4.78 is 0. The van der Waals surface area contributed by atoms with Crippen LogP contribution in [0.25, 0.3) is 0 Å². The van der Waals surface area contributed by atoms with E-state index in [1.54, 1.807) is 0 Å². The zero-order chi connectivity index (χ0) is 11.7. The highest BCUT2D eigenvalue weighted by Crippen LogP contribution is 2.46. The van der Waals surface area contributed by atoms with Crippen molar-refractivity contribution < 1.29 is 0 Å². The van der Waals surface area contributed by atoms with Gasteiger partial charge in [-0.3, -0.25) is 0 Å². The first-order valence-electron chi connectivity index (χ1n) is 5.35. The molecule has 0 radical (unpaired) electrons. The molecule has 1 aliphatic heterocycles. The fourth-order valence-electron chi connectivity index (χ4n) is 1.99. The largest absolute Gasteiger partial charge is 0.338 e. The molecule has 2 rings (SSSR count). The molecule has 0 aliphatic carbocycles. The highest BCUT2D eigenvalue weighted by molar-refractivity contribution is 8.61. The zero-order valence-corrected chi connectivity index (χ0v) is 11.8. The summed E-state index contributed by atoms with van der Waals surface area (Å²) in [6, 6.07) is 8.68. The van der Waals surface area contributed by atoms with Crippen LogP contribution >= 0.6 is 23.2 Å². The molecule has 1 aromatic rings. The molecule has 6 heteroatoms. The fourth-order valence-corrected chi connectivity index (χ4v) is 5.49. The molecule has 1 aliphatic rings. The maximum absolute atomic E-state index is 2.29. The van der Waals surface area contributed by atoms with E-state index in [-0.39, 0.29) is 0 Å². The Bertz CT molecular complexity index is 341. The first-order valence-corrected chi connectivity index (χ1v) is 7.10. The number of benzene rings is 1. The Balaban J connectivity index is 2.15. The molecule has 0 atom stereocenters. The van der Waals surface area contributed by atoms with Crippen LogP contribution in [0.1, 0.15) is 0 Å². The second-order valence-corrected chi connectivity index (χ2v) is 7.06. The average Bonchev–Trinajstić information content (AvgIpc) is 2.58. The lowest BCUT2D eigenvalue weighted by molar-refractivity contribution is 0.538. The lowest BCUT2D eigenvalue weighted by Gasteiger charge is -2.28. The summed E-state index contributed by atoms with van der Waals surface area (Å²) in [5.41, 5.74) is 0. The van der Waals surface area contributed by atoms with Crippen LogP contribution in [-0.4, -0.2) is 49.8 Å². The summed E-state index contributed by atoms with van der Waals surface area (Å²) in [5.74, 6) is 0. The summed E-state index contributed by atoms with van der Waals surface area (Å²) in [4.78, 5) is 7.42. The molecule has 84 valence electrons. The van der Waals surface area contributed by atoms with Gasteiger partial charge < -0.3 is 9.62 Å². The van der Waals surface area contributed by atoms with Crippen LogP contribution in [0.5, 0.6) is 0 Å². The Morgan fingerprint density at radius 1 is 0.938 bits per heavy atom. The van der Waals surface area contributed by atoms with Gasteiger partial charge >= 0.3 is 0 Å². The Morgan fingerprint density at radius 2 is 1.38 bits per heavy atom. The zero-order valence-electron chi connectivity index (χ0n) is 10.2. The topological polar surface area (TPSA) is 6.48 Å². The van der Waals surface area contributed by atoms with Gasteiger partial charge in [-0.25, -0.2) is 0 Å². The van der Waals surface area contributed by atoms with Crippen LogP contribution in [0.15, 0.2) is 34.1 Å². The normalized spacial score (nSPS) is 14.8.